The van der Waals surface area contributed by atoms with Crippen molar-refractivity contribution in [1.29, 1.82) is 0 Å². The molecule has 0 heterocycles. The van der Waals surface area contributed by atoms with E-state index in [0.717, 1.165) is 53.3 Å². The monoisotopic (exact) mass is 502 g/mol. The Bertz CT molecular complexity index is 984. The van der Waals surface area contributed by atoms with Crippen LogP contribution in [0, 0.1) is 46.3 Å². The minimum atomic E-state index is 0.322. The number of hydrogen-bond acceptors (Lipinski definition) is 1. The zero-order valence-corrected chi connectivity index (χ0v) is 24.8. The van der Waals surface area contributed by atoms with Crippen LogP contribution in [0.15, 0.2) is 42.5 Å². The van der Waals surface area contributed by atoms with Crippen LogP contribution in [-0.4, -0.2) is 6.10 Å². The second-order valence-corrected chi connectivity index (χ2v) is 14.6. The average molecular weight is 503 g/mol. The van der Waals surface area contributed by atoms with Gasteiger partial charge < -0.3 is 4.74 Å². The van der Waals surface area contributed by atoms with Gasteiger partial charge in [-0.25, -0.2) is 0 Å². The summed E-state index contributed by atoms with van der Waals surface area (Å²) in [5.74, 6) is 6.45. The third kappa shape index (κ3) is 5.10. The van der Waals surface area contributed by atoms with Crippen molar-refractivity contribution < 1.29 is 4.74 Å². The molecule has 4 aliphatic carbocycles. The van der Waals surface area contributed by atoms with Crippen molar-refractivity contribution >= 4 is 5.57 Å². The van der Waals surface area contributed by atoms with Crippen LogP contribution in [0.2, 0.25) is 0 Å². The molecule has 4 aliphatic rings. The molecule has 1 nitrogen and oxygen atoms in total. The number of benzene rings is 1. The highest BCUT2D eigenvalue weighted by Crippen LogP contribution is 2.67. The topological polar surface area (TPSA) is 9.23 Å². The fourth-order valence-electron chi connectivity index (χ4n) is 9.76. The standard InChI is InChI=1S/C36H54O/c1-24(2)9-8-10-26(5)32-17-18-33-31-16-13-28-23-30(37-29-14-11-27(12-15-29)25(3)4)19-21-35(28,6)34(31)20-22-36(32,33)7/h11-15,24,26,30-34H,3,8-10,16-23H2,1-2,4-7H3/t26-,30+,31+,32-,33+,34+,35+,36-/m1/s1. The summed E-state index contributed by atoms with van der Waals surface area (Å²) in [6, 6.07) is 8.55. The van der Waals surface area contributed by atoms with E-state index in [2.05, 4.69) is 78.5 Å². The lowest BCUT2D eigenvalue weighted by Crippen LogP contribution is -2.51. The van der Waals surface area contributed by atoms with Gasteiger partial charge in [-0.05, 0) is 116 Å². The Labute approximate surface area is 228 Å². The molecule has 0 aromatic heterocycles. The van der Waals surface area contributed by atoms with Crippen LogP contribution in [0.5, 0.6) is 5.75 Å². The summed E-state index contributed by atoms with van der Waals surface area (Å²) in [7, 11) is 0. The molecule has 204 valence electrons. The van der Waals surface area contributed by atoms with Gasteiger partial charge in [0.1, 0.15) is 11.9 Å². The molecule has 5 rings (SSSR count). The van der Waals surface area contributed by atoms with Crippen molar-refractivity contribution in [2.75, 3.05) is 0 Å². The summed E-state index contributed by atoms with van der Waals surface area (Å²) in [5.41, 5.74) is 5.02. The van der Waals surface area contributed by atoms with Gasteiger partial charge in [-0.1, -0.05) is 89.8 Å². The van der Waals surface area contributed by atoms with Crippen LogP contribution in [0.3, 0.4) is 0 Å². The van der Waals surface area contributed by atoms with Crippen LogP contribution in [-0.2, 0) is 0 Å². The van der Waals surface area contributed by atoms with E-state index in [0.29, 0.717) is 16.9 Å². The molecule has 1 aromatic rings. The Hall–Kier alpha value is -1.50. The van der Waals surface area contributed by atoms with Gasteiger partial charge in [0.2, 0.25) is 0 Å². The van der Waals surface area contributed by atoms with Crippen LogP contribution < -0.4 is 4.74 Å². The molecule has 0 saturated heterocycles. The molecule has 1 heteroatoms. The van der Waals surface area contributed by atoms with Crippen molar-refractivity contribution in [3.63, 3.8) is 0 Å². The van der Waals surface area contributed by atoms with E-state index < -0.39 is 0 Å². The number of hydrogen-bond donors (Lipinski definition) is 0. The van der Waals surface area contributed by atoms with E-state index in [1.807, 2.05) is 0 Å². The first kappa shape index (κ1) is 27.1. The van der Waals surface area contributed by atoms with Crippen molar-refractivity contribution in [3.8, 4) is 5.75 Å². The lowest BCUT2D eigenvalue weighted by molar-refractivity contribution is -0.0559. The third-order valence-corrected chi connectivity index (χ3v) is 11.9. The summed E-state index contributed by atoms with van der Waals surface area (Å²) in [6.07, 6.45) is 18.1. The fourth-order valence-corrected chi connectivity index (χ4v) is 9.76. The average Bonchev–Trinajstić information content (AvgIpc) is 3.21. The first-order valence-corrected chi connectivity index (χ1v) is 15.7. The molecule has 37 heavy (non-hydrogen) atoms. The van der Waals surface area contributed by atoms with Gasteiger partial charge in [-0.3, -0.25) is 0 Å². The van der Waals surface area contributed by atoms with Gasteiger partial charge in [0.25, 0.3) is 0 Å². The predicted octanol–water partition coefficient (Wildman–Crippen LogP) is 10.5. The van der Waals surface area contributed by atoms with Crippen molar-refractivity contribution in [1.82, 2.24) is 0 Å². The van der Waals surface area contributed by atoms with E-state index in [-0.39, 0.29) is 0 Å². The molecule has 1 aromatic carbocycles. The first-order valence-electron chi connectivity index (χ1n) is 15.7. The summed E-state index contributed by atoms with van der Waals surface area (Å²) in [4.78, 5) is 0. The molecular weight excluding hydrogens is 448 g/mol. The second-order valence-electron chi connectivity index (χ2n) is 14.6. The lowest BCUT2D eigenvalue weighted by atomic mass is 9.47. The second kappa shape index (κ2) is 10.6. The first-order chi connectivity index (χ1) is 17.6. The summed E-state index contributed by atoms with van der Waals surface area (Å²) in [5, 5.41) is 0. The number of rotatable bonds is 8. The Morgan fingerprint density at radius 2 is 1.73 bits per heavy atom. The maximum atomic E-state index is 6.52. The summed E-state index contributed by atoms with van der Waals surface area (Å²) < 4.78 is 6.52. The Morgan fingerprint density at radius 1 is 0.973 bits per heavy atom. The number of ether oxygens (including phenoxy) is 1. The van der Waals surface area contributed by atoms with Gasteiger partial charge >= 0.3 is 0 Å². The van der Waals surface area contributed by atoms with Crippen LogP contribution in [0.4, 0.5) is 0 Å². The maximum Gasteiger partial charge on any atom is 0.119 e. The van der Waals surface area contributed by atoms with E-state index >= 15 is 0 Å². The maximum absolute atomic E-state index is 6.52. The normalized spacial score (nSPS) is 37.8. The van der Waals surface area contributed by atoms with Crippen LogP contribution >= 0.6 is 0 Å². The molecule has 0 radical (unpaired) electrons. The van der Waals surface area contributed by atoms with Gasteiger partial charge in [0.15, 0.2) is 0 Å². The quantitative estimate of drug-likeness (QED) is 0.321. The van der Waals surface area contributed by atoms with Gasteiger partial charge in [0.05, 0.1) is 0 Å². The lowest BCUT2D eigenvalue weighted by Gasteiger charge is -2.58. The SMILES string of the molecule is C=C(C)c1ccc(O[C@H]2CC[C@@]3(C)C(=CC[C@H]4[C@@H]5CC[C@H]([C@H](C)CCCC(C)C)[C@@]5(C)CC[C@@H]43)C2)cc1. The van der Waals surface area contributed by atoms with Crippen molar-refractivity contribution in [3.05, 3.63) is 48.1 Å². The molecule has 3 fully saturated rings. The fraction of sp³-hybridized carbons (Fsp3) is 0.722. The van der Waals surface area contributed by atoms with E-state index in [1.54, 1.807) is 5.57 Å². The molecule has 0 unspecified atom stereocenters. The van der Waals surface area contributed by atoms with Gasteiger partial charge in [0, 0.05) is 6.42 Å². The molecule has 0 spiro atoms. The highest BCUT2D eigenvalue weighted by molar-refractivity contribution is 5.61. The highest BCUT2D eigenvalue weighted by atomic mass is 16.5. The molecular formula is C36H54O. The highest BCUT2D eigenvalue weighted by Gasteiger charge is 2.59. The molecule has 0 aliphatic heterocycles. The van der Waals surface area contributed by atoms with Gasteiger partial charge in [-0.2, -0.15) is 0 Å². The predicted molar refractivity (Wildman–Crippen MR) is 159 cm³/mol. The third-order valence-electron chi connectivity index (χ3n) is 11.9. The molecule has 0 amide bonds. The van der Waals surface area contributed by atoms with Gasteiger partial charge in [-0.15, -0.1) is 0 Å². The number of allylic oxidation sites excluding steroid dienone is 2. The van der Waals surface area contributed by atoms with E-state index in [9.17, 15) is 0 Å². The van der Waals surface area contributed by atoms with Crippen LogP contribution in [0.1, 0.15) is 118 Å². The molecule has 0 bridgehead atoms. The Kier molecular flexibility index (Phi) is 7.74. The zero-order valence-electron chi connectivity index (χ0n) is 24.8. The van der Waals surface area contributed by atoms with Crippen molar-refractivity contribution in [2.24, 2.45) is 46.3 Å². The minimum Gasteiger partial charge on any atom is -0.490 e. The molecule has 8 atom stereocenters. The molecule has 3 saturated carbocycles. The Balaban J connectivity index is 1.25. The van der Waals surface area contributed by atoms with E-state index in [4.69, 9.17) is 4.74 Å². The smallest absolute Gasteiger partial charge is 0.119 e. The number of fused-ring (bicyclic) bond motifs is 5. The Morgan fingerprint density at radius 3 is 2.43 bits per heavy atom. The largest absolute Gasteiger partial charge is 0.490 e. The van der Waals surface area contributed by atoms with E-state index in [1.165, 1.54) is 69.8 Å². The molecule has 0 N–H and O–H groups in total. The zero-order chi connectivity index (χ0) is 26.4. The summed E-state index contributed by atoms with van der Waals surface area (Å²) in [6.45, 7) is 18.8. The minimum absolute atomic E-state index is 0.322. The summed E-state index contributed by atoms with van der Waals surface area (Å²) >= 11 is 0. The van der Waals surface area contributed by atoms with Crippen molar-refractivity contribution in [2.45, 2.75) is 118 Å². The van der Waals surface area contributed by atoms with Crippen LogP contribution in [0.25, 0.3) is 5.57 Å².